The van der Waals surface area contributed by atoms with Gasteiger partial charge in [0.05, 0.1) is 51.1 Å². The van der Waals surface area contributed by atoms with E-state index in [-0.39, 0.29) is 24.4 Å². The van der Waals surface area contributed by atoms with Crippen LogP contribution in [-0.2, 0) is 56.8 Å². The second kappa shape index (κ2) is 16.0. The van der Waals surface area contributed by atoms with Crippen molar-refractivity contribution in [2.45, 2.75) is 57.7 Å². The topological polar surface area (TPSA) is 98.9 Å². The normalized spacial score (nSPS) is 19.0. The molecule has 4 atom stereocenters. The number of rotatable bonds is 15. The van der Waals surface area contributed by atoms with Crippen LogP contribution in [-0.4, -0.2) is 44.3 Å². The summed E-state index contributed by atoms with van der Waals surface area (Å²) in [6, 6.07) is 39.8. The van der Waals surface area contributed by atoms with E-state index in [1.807, 2.05) is 126 Å². The Hall–Kier alpha value is -4.97. The van der Waals surface area contributed by atoms with Crippen LogP contribution < -0.4 is 5.56 Å². The molecule has 0 spiro atoms. The van der Waals surface area contributed by atoms with Crippen molar-refractivity contribution in [3.8, 4) is 0 Å². The molecule has 0 saturated carbocycles. The van der Waals surface area contributed by atoms with Gasteiger partial charge in [-0.15, -0.1) is 0 Å². The van der Waals surface area contributed by atoms with Gasteiger partial charge in [-0.05, 0) is 22.3 Å². The first-order chi connectivity index (χ1) is 24.2. The molecule has 1 aliphatic rings. The van der Waals surface area contributed by atoms with E-state index >= 15 is 0 Å². The van der Waals surface area contributed by atoms with Crippen LogP contribution in [0.2, 0.25) is 0 Å². The maximum Gasteiger partial charge on any atom is 0.297 e. The molecule has 0 aliphatic carbocycles. The number of benzene rings is 4. The Kier molecular flexibility index (Phi) is 10.6. The van der Waals surface area contributed by atoms with Gasteiger partial charge in [-0.3, -0.25) is 9.36 Å². The zero-order chi connectivity index (χ0) is 33.3. The summed E-state index contributed by atoms with van der Waals surface area (Å²) < 4.78 is 35.0. The molecule has 0 N–H and O–H groups in total. The summed E-state index contributed by atoms with van der Waals surface area (Å²) in [7, 11) is 0. The molecule has 1 fully saturated rings. The molecule has 49 heavy (non-hydrogen) atoms. The molecule has 10 nitrogen and oxygen atoms in total. The Balaban J connectivity index is 1.16. The first-order valence-electron chi connectivity index (χ1n) is 16.4. The Bertz CT molecular complexity index is 1950. The molecule has 0 radical (unpaired) electrons. The van der Waals surface area contributed by atoms with Gasteiger partial charge in [0.25, 0.3) is 5.56 Å². The molecular formula is C39H38N4O6. The average Bonchev–Trinajstić information content (AvgIpc) is 3.74. The standard InChI is InChI=1S/C39H38N4O6/c44-38-35-33(21-41-43(38)28-46-23-30-15-7-2-8-16-30)42(27-40-35)39-37(48-25-32-19-11-4-12-20-32)36(47-24-31-17-9-3-10-18-31)34(49-39)26-45-22-29-13-5-1-6-14-29/h1-21,27,34,36-37,39H,22-26,28H2/t34-,36-,37-,39?/m1/s1. The molecule has 7 rings (SSSR count). The third-order valence-electron chi connectivity index (χ3n) is 8.44. The number of hydrogen-bond donors (Lipinski definition) is 0. The summed E-state index contributed by atoms with van der Waals surface area (Å²) in [6.07, 6.45) is 1.01. The fraction of sp³-hybridized carbons (Fsp3) is 0.256. The number of nitrogens with zero attached hydrogens (tertiary/aromatic N) is 4. The van der Waals surface area contributed by atoms with E-state index in [9.17, 15) is 4.79 Å². The number of imidazole rings is 1. The third-order valence-corrected chi connectivity index (χ3v) is 8.44. The van der Waals surface area contributed by atoms with Crippen LogP contribution in [0.4, 0.5) is 0 Å². The summed E-state index contributed by atoms with van der Waals surface area (Å²) >= 11 is 0. The number of fused-ring (bicyclic) bond motifs is 1. The molecule has 4 aromatic carbocycles. The molecular weight excluding hydrogens is 620 g/mol. The van der Waals surface area contributed by atoms with Crippen molar-refractivity contribution in [3.05, 3.63) is 166 Å². The molecule has 10 heteroatoms. The Morgan fingerprint density at radius 3 is 1.71 bits per heavy atom. The maximum atomic E-state index is 13.5. The molecule has 6 aromatic rings. The summed E-state index contributed by atoms with van der Waals surface area (Å²) in [5, 5.41) is 4.42. The molecule has 0 bridgehead atoms. The zero-order valence-electron chi connectivity index (χ0n) is 27.0. The quantitative estimate of drug-likeness (QED) is 0.132. The minimum absolute atomic E-state index is 0.00447. The van der Waals surface area contributed by atoms with Gasteiger partial charge in [-0.2, -0.15) is 5.10 Å². The molecule has 3 heterocycles. The minimum atomic E-state index is -0.675. The van der Waals surface area contributed by atoms with Gasteiger partial charge in [-0.1, -0.05) is 121 Å². The van der Waals surface area contributed by atoms with Gasteiger partial charge < -0.3 is 23.7 Å². The predicted octanol–water partition coefficient (Wildman–Crippen LogP) is 6.05. The molecule has 0 amide bonds. The van der Waals surface area contributed by atoms with Crippen LogP contribution in [0.25, 0.3) is 11.0 Å². The second-order valence-electron chi connectivity index (χ2n) is 11.9. The van der Waals surface area contributed by atoms with Crippen LogP contribution >= 0.6 is 0 Å². The summed E-state index contributed by atoms with van der Waals surface area (Å²) in [5.41, 5.74) is 4.54. The first kappa shape index (κ1) is 32.6. The van der Waals surface area contributed by atoms with Crippen molar-refractivity contribution >= 4 is 11.0 Å². The van der Waals surface area contributed by atoms with Crippen LogP contribution in [0, 0.1) is 0 Å². The summed E-state index contributed by atoms with van der Waals surface area (Å²) in [4.78, 5) is 18.0. The van der Waals surface area contributed by atoms with Crippen LogP contribution in [0.15, 0.2) is 139 Å². The Morgan fingerprint density at radius 2 is 1.14 bits per heavy atom. The zero-order valence-corrected chi connectivity index (χ0v) is 27.0. The van der Waals surface area contributed by atoms with Crippen LogP contribution in [0.5, 0.6) is 0 Å². The molecule has 1 unspecified atom stereocenters. The van der Waals surface area contributed by atoms with E-state index in [1.165, 1.54) is 4.68 Å². The Morgan fingerprint density at radius 1 is 0.633 bits per heavy atom. The minimum Gasteiger partial charge on any atom is -0.374 e. The molecule has 250 valence electrons. The van der Waals surface area contributed by atoms with Gasteiger partial charge in [0.15, 0.2) is 11.7 Å². The van der Waals surface area contributed by atoms with E-state index in [4.69, 9.17) is 23.7 Å². The lowest BCUT2D eigenvalue weighted by atomic mass is 10.1. The smallest absolute Gasteiger partial charge is 0.297 e. The number of ether oxygens (including phenoxy) is 5. The highest BCUT2D eigenvalue weighted by molar-refractivity contribution is 5.73. The highest BCUT2D eigenvalue weighted by Crippen LogP contribution is 2.36. The fourth-order valence-electron chi connectivity index (χ4n) is 5.93. The number of hydrogen-bond acceptors (Lipinski definition) is 8. The van der Waals surface area contributed by atoms with Crippen molar-refractivity contribution in [1.29, 1.82) is 0 Å². The van der Waals surface area contributed by atoms with E-state index in [2.05, 4.69) is 10.1 Å². The van der Waals surface area contributed by atoms with Crippen molar-refractivity contribution in [1.82, 2.24) is 19.3 Å². The van der Waals surface area contributed by atoms with E-state index < -0.39 is 24.5 Å². The van der Waals surface area contributed by atoms with Crippen molar-refractivity contribution in [2.75, 3.05) is 6.61 Å². The van der Waals surface area contributed by atoms with Gasteiger partial charge in [0.2, 0.25) is 0 Å². The lowest BCUT2D eigenvalue weighted by Gasteiger charge is -2.25. The second-order valence-corrected chi connectivity index (χ2v) is 11.9. The molecule has 1 aliphatic heterocycles. The maximum absolute atomic E-state index is 13.5. The van der Waals surface area contributed by atoms with Crippen molar-refractivity contribution in [2.24, 2.45) is 0 Å². The molecule has 1 saturated heterocycles. The van der Waals surface area contributed by atoms with E-state index in [0.29, 0.717) is 31.9 Å². The van der Waals surface area contributed by atoms with Gasteiger partial charge in [-0.25, -0.2) is 9.67 Å². The van der Waals surface area contributed by atoms with Gasteiger partial charge in [0.1, 0.15) is 25.0 Å². The predicted molar refractivity (Wildman–Crippen MR) is 183 cm³/mol. The molecule has 2 aromatic heterocycles. The SMILES string of the molecule is O=c1c2ncn(C3O[C@H](COCc4ccccc4)[C@@H](OCc4ccccc4)[C@H]3OCc3ccccc3)c2cnn1COCc1ccccc1. The number of aromatic nitrogens is 4. The fourth-order valence-corrected chi connectivity index (χ4v) is 5.93. The lowest BCUT2D eigenvalue weighted by Crippen LogP contribution is -2.38. The highest BCUT2D eigenvalue weighted by atomic mass is 16.6. The monoisotopic (exact) mass is 658 g/mol. The van der Waals surface area contributed by atoms with Crippen LogP contribution in [0.1, 0.15) is 28.5 Å². The van der Waals surface area contributed by atoms with Gasteiger partial charge >= 0.3 is 0 Å². The summed E-state index contributed by atoms with van der Waals surface area (Å²) in [5.74, 6) is 0. The largest absolute Gasteiger partial charge is 0.374 e. The van der Waals surface area contributed by atoms with Gasteiger partial charge in [0, 0.05) is 0 Å². The lowest BCUT2D eigenvalue weighted by molar-refractivity contribution is -0.0913. The third kappa shape index (κ3) is 8.02. The van der Waals surface area contributed by atoms with E-state index in [1.54, 1.807) is 12.5 Å². The van der Waals surface area contributed by atoms with Crippen molar-refractivity contribution < 1.29 is 23.7 Å². The summed E-state index contributed by atoms with van der Waals surface area (Å²) in [6.45, 7) is 1.75. The van der Waals surface area contributed by atoms with Crippen LogP contribution in [0.3, 0.4) is 0 Å². The first-order valence-corrected chi connectivity index (χ1v) is 16.4. The average molecular weight is 659 g/mol. The highest BCUT2D eigenvalue weighted by Gasteiger charge is 2.48. The van der Waals surface area contributed by atoms with Crippen molar-refractivity contribution in [3.63, 3.8) is 0 Å². The van der Waals surface area contributed by atoms with E-state index in [0.717, 1.165) is 22.3 Å². The Labute approximate surface area is 284 Å².